The van der Waals surface area contributed by atoms with E-state index in [1.165, 1.54) is 44.9 Å². The highest BCUT2D eigenvalue weighted by Gasteiger charge is 2.01. The third-order valence-corrected chi connectivity index (χ3v) is 3.42. The van der Waals surface area contributed by atoms with Gasteiger partial charge in [0.05, 0.1) is 6.61 Å². The van der Waals surface area contributed by atoms with Crippen LogP contribution in [0.4, 0.5) is 0 Å². The van der Waals surface area contributed by atoms with E-state index < -0.39 is 0 Å². The maximum Gasteiger partial charge on any atom is 0.305 e. The Bertz CT molecular complexity index is 234. The van der Waals surface area contributed by atoms with E-state index in [-0.39, 0.29) is 5.97 Å². The van der Waals surface area contributed by atoms with E-state index in [1.54, 1.807) is 0 Å². The maximum absolute atomic E-state index is 11.3. The minimum Gasteiger partial charge on any atom is -0.466 e. The minimum absolute atomic E-state index is 0.0128. The van der Waals surface area contributed by atoms with Gasteiger partial charge in [-0.3, -0.25) is 4.79 Å². The van der Waals surface area contributed by atoms with E-state index in [0.29, 0.717) is 13.0 Å². The molecule has 20 heavy (non-hydrogen) atoms. The Labute approximate surface area is 126 Å². The number of carbonyl (C=O) groups is 1. The van der Waals surface area contributed by atoms with Crippen molar-refractivity contribution in [1.29, 1.82) is 0 Å². The lowest BCUT2D eigenvalue weighted by Gasteiger charge is -2.04. The van der Waals surface area contributed by atoms with Crippen LogP contribution in [-0.2, 0) is 9.53 Å². The van der Waals surface area contributed by atoms with Gasteiger partial charge in [-0.2, -0.15) is 0 Å². The number of carbonyl (C=O) groups excluding carboxylic acids is 1. The van der Waals surface area contributed by atoms with Crippen LogP contribution >= 0.6 is 0 Å². The number of unbranched alkanes of at least 4 members (excludes halogenated alkanes) is 8. The smallest absolute Gasteiger partial charge is 0.305 e. The summed E-state index contributed by atoms with van der Waals surface area (Å²) >= 11 is 0. The average Bonchev–Trinajstić information content (AvgIpc) is 2.45. The zero-order chi connectivity index (χ0) is 14.9. The summed E-state index contributed by atoms with van der Waals surface area (Å²) in [7, 11) is 0. The van der Waals surface area contributed by atoms with Crippen molar-refractivity contribution in [3.63, 3.8) is 0 Å². The Morgan fingerprint density at radius 1 is 0.850 bits per heavy atom. The molecule has 0 aliphatic rings. The normalized spacial score (nSPS) is 11.1. The third kappa shape index (κ3) is 15.3. The van der Waals surface area contributed by atoms with Crippen LogP contribution in [0.3, 0.4) is 0 Å². The van der Waals surface area contributed by atoms with Gasteiger partial charge in [-0.15, -0.1) is 0 Å². The lowest BCUT2D eigenvalue weighted by molar-refractivity contribution is -0.143. The fourth-order valence-corrected chi connectivity index (χ4v) is 2.10. The van der Waals surface area contributed by atoms with E-state index in [4.69, 9.17) is 4.74 Å². The fraction of sp³-hybridized carbons (Fsp3) is 0.833. The molecule has 0 radical (unpaired) electrons. The molecule has 0 atom stereocenters. The van der Waals surface area contributed by atoms with Gasteiger partial charge in [0.15, 0.2) is 0 Å². The third-order valence-electron chi connectivity index (χ3n) is 3.42. The van der Waals surface area contributed by atoms with Crippen LogP contribution in [0.1, 0.15) is 90.9 Å². The Kier molecular flexibility index (Phi) is 15.6. The molecule has 0 N–H and O–H groups in total. The number of hydrogen-bond acceptors (Lipinski definition) is 2. The standard InChI is InChI=1S/C18H34O2/c1-3-5-7-8-9-10-11-12-13-14-15-16-18(19)20-17-6-4-2/h5,7H,3-4,6,8-17H2,1-2H3. The summed E-state index contributed by atoms with van der Waals surface area (Å²) in [6, 6.07) is 0. The Hall–Kier alpha value is -0.790. The number of esters is 1. The van der Waals surface area contributed by atoms with Gasteiger partial charge in [0.1, 0.15) is 0 Å². The summed E-state index contributed by atoms with van der Waals surface area (Å²) in [5.41, 5.74) is 0. The molecule has 0 aromatic heterocycles. The zero-order valence-electron chi connectivity index (χ0n) is 13.7. The summed E-state index contributed by atoms with van der Waals surface area (Å²) in [5.74, 6) is -0.0128. The molecule has 0 amide bonds. The van der Waals surface area contributed by atoms with E-state index in [2.05, 4.69) is 26.0 Å². The molecule has 0 rings (SSSR count). The monoisotopic (exact) mass is 282 g/mol. The second-order valence-corrected chi connectivity index (χ2v) is 5.47. The fourth-order valence-electron chi connectivity index (χ4n) is 2.10. The second kappa shape index (κ2) is 16.3. The van der Waals surface area contributed by atoms with Crippen LogP contribution < -0.4 is 0 Å². The van der Waals surface area contributed by atoms with Gasteiger partial charge in [-0.25, -0.2) is 0 Å². The minimum atomic E-state index is -0.0128. The van der Waals surface area contributed by atoms with Crippen LogP contribution in [0, 0.1) is 0 Å². The summed E-state index contributed by atoms with van der Waals surface area (Å²) in [6.45, 7) is 4.88. The lowest BCUT2D eigenvalue weighted by atomic mass is 10.1. The molecule has 0 aliphatic heterocycles. The molecule has 0 saturated heterocycles. The quantitative estimate of drug-likeness (QED) is 0.228. The van der Waals surface area contributed by atoms with Crippen molar-refractivity contribution in [3.05, 3.63) is 12.2 Å². The molecule has 0 bridgehead atoms. The van der Waals surface area contributed by atoms with Gasteiger partial charge in [-0.1, -0.05) is 64.5 Å². The van der Waals surface area contributed by atoms with Crippen molar-refractivity contribution in [2.45, 2.75) is 90.9 Å². The molecule has 0 aromatic rings. The molecule has 0 unspecified atom stereocenters. The first-order valence-corrected chi connectivity index (χ1v) is 8.61. The van der Waals surface area contributed by atoms with Gasteiger partial charge >= 0.3 is 5.97 Å². The average molecular weight is 282 g/mol. The van der Waals surface area contributed by atoms with Crippen LogP contribution in [0.25, 0.3) is 0 Å². The number of rotatable bonds is 14. The van der Waals surface area contributed by atoms with E-state index in [0.717, 1.165) is 25.7 Å². The Morgan fingerprint density at radius 2 is 1.50 bits per heavy atom. The molecule has 0 aromatic carbocycles. The van der Waals surface area contributed by atoms with Gasteiger partial charge in [0.25, 0.3) is 0 Å². The Morgan fingerprint density at radius 3 is 2.15 bits per heavy atom. The van der Waals surface area contributed by atoms with Crippen LogP contribution in [-0.4, -0.2) is 12.6 Å². The molecular weight excluding hydrogens is 248 g/mol. The van der Waals surface area contributed by atoms with Crippen LogP contribution in [0.5, 0.6) is 0 Å². The van der Waals surface area contributed by atoms with Crippen molar-refractivity contribution < 1.29 is 9.53 Å². The number of ether oxygens (including phenoxy) is 1. The molecule has 2 heteroatoms. The van der Waals surface area contributed by atoms with Gasteiger partial charge < -0.3 is 4.74 Å². The first-order valence-electron chi connectivity index (χ1n) is 8.61. The number of allylic oxidation sites excluding steroid dienone is 2. The van der Waals surface area contributed by atoms with Crippen LogP contribution in [0.2, 0.25) is 0 Å². The van der Waals surface area contributed by atoms with Gasteiger partial charge in [0, 0.05) is 6.42 Å². The van der Waals surface area contributed by atoms with Crippen LogP contribution in [0.15, 0.2) is 12.2 Å². The van der Waals surface area contributed by atoms with Crippen molar-refractivity contribution in [1.82, 2.24) is 0 Å². The van der Waals surface area contributed by atoms with Crippen molar-refractivity contribution in [3.8, 4) is 0 Å². The highest BCUT2D eigenvalue weighted by Crippen LogP contribution is 2.10. The highest BCUT2D eigenvalue weighted by atomic mass is 16.5. The molecule has 0 heterocycles. The van der Waals surface area contributed by atoms with E-state index >= 15 is 0 Å². The molecule has 0 aliphatic carbocycles. The van der Waals surface area contributed by atoms with Crippen molar-refractivity contribution in [2.24, 2.45) is 0 Å². The summed E-state index contributed by atoms with van der Waals surface area (Å²) in [4.78, 5) is 11.3. The van der Waals surface area contributed by atoms with E-state index in [9.17, 15) is 4.79 Å². The van der Waals surface area contributed by atoms with Crippen molar-refractivity contribution in [2.75, 3.05) is 6.61 Å². The predicted molar refractivity (Wildman–Crippen MR) is 86.9 cm³/mol. The van der Waals surface area contributed by atoms with Gasteiger partial charge in [-0.05, 0) is 32.1 Å². The first kappa shape index (κ1) is 19.2. The largest absolute Gasteiger partial charge is 0.466 e. The Balaban J connectivity index is 3.12. The zero-order valence-corrected chi connectivity index (χ0v) is 13.7. The lowest BCUT2D eigenvalue weighted by Crippen LogP contribution is -2.05. The SMILES string of the molecule is CCC=CCCCCCCCCCC(=O)OCCCC. The molecule has 0 fully saturated rings. The molecule has 0 spiro atoms. The summed E-state index contributed by atoms with van der Waals surface area (Å²) < 4.78 is 5.13. The molecule has 0 saturated carbocycles. The summed E-state index contributed by atoms with van der Waals surface area (Å²) in [5, 5.41) is 0. The molecule has 2 nitrogen and oxygen atoms in total. The second-order valence-electron chi connectivity index (χ2n) is 5.47. The van der Waals surface area contributed by atoms with Crippen molar-refractivity contribution >= 4 is 5.97 Å². The molecular formula is C18H34O2. The maximum atomic E-state index is 11.3. The first-order chi connectivity index (χ1) is 9.81. The summed E-state index contributed by atoms with van der Waals surface area (Å²) in [6.07, 6.45) is 18.3. The number of hydrogen-bond donors (Lipinski definition) is 0. The van der Waals surface area contributed by atoms with E-state index in [1.807, 2.05) is 0 Å². The van der Waals surface area contributed by atoms with Gasteiger partial charge in [0.2, 0.25) is 0 Å². The predicted octanol–water partition coefficient (Wildman–Crippen LogP) is 5.81. The topological polar surface area (TPSA) is 26.3 Å². The highest BCUT2D eigenvalue weighted by molar-refractivity contribution is 5.69. The molecule has 118 valence electrons.